The van der Waals surface area contributed by atoms with Crippen molar-refractivity contribution in [1.29, 1.82) is 0 Å². The zero-order valence-corrected chi connectivity index (χ0v) is 31.9. The summed E-state index contributed by atoms with van der Waals surface area (Å²) in [6.07, 6.45) is 6.86. The summed E-state index contributed by atoms with van der Waals surface area (Å²) in [5.74, 6) is 2.38. The Morgan fingerprint density at radius 1 is 0.704 bits per heavy atom. The number of hydrogen-bond acceptors (Lipinski definition) is 6. The number of carbonyl (C=O) groups excluding carboxylic acids is 2. The van der Waals surface area contributed by atoms with Crippen molar-refractivity contribution in [2.75, 3.05) is 46.0 Å². The summed E-state index contributed by atoms with van der Waals surface area (Å²) in [5, 5.41) is 18.3. The standard InChI is InChI=1S/C23H29NO4.C23H27NO2/c1-2-17-5-3-6-19(13-17)18-9-11-24(12-10-18)23(27)20-7-4-8-22(14-20)28-16-21(26)15-25;1-3-15-26-22-10-6-9-21(17-22)23(25)24-13-11-19(12-14-24)20-8-5-7-18(4-2)16-20/h3-8,13-14,18,21,25-26H,2,9-12,15-16H2,1H3;3,5-10,16-17,19H,1,4,11-15H2,2H3. The molecule has 1 unspecified atom stereocenters. The lowest BCUT2D eigenvalue weighted by atomic mass is 9.88. The van der Waals surface area contributed by atoms with Crippen LogP contribution in [0.4, 0.5) is 0 Å². The number of amides is 2. The second kappa shape index (κ2) is 20.5. The monoisotopic (exact) mass is 732 g/mol. The molecule has 0 spiro atoms. The van der Waals surface area contributed by atoms with Gasteiger partial charge < -0.3 is 29.5 Å². The maximum Gasteiger partial charge on any atom is 0.253 e. The minimum Gasteiger partial charge on any atom is -0.491 e. The molecule has 2 amide bonds. The van der Waals surface area contributed by atoms with Crippen LogP contribution in [0.1, 0.15) is 94.3 Å². The molecule has 2 aliphatic heterocycles. The number of benzene rings is 4. The van der Waals surface area contributed by atoms with Crippen LogP contribution in [0, 0.1) is 0 Å². The van der Waals surface area contributed by atoms with Gasteiger partial charge in [0.2, 0.25) is 0 Å². The van der Waals surface area contributed by atoms with Crippen molar-refractivity contribution in [2.45, 2.75) is 70.3 Å². The normalized spacial score (nSPS) is 15.5. The van der Waals surface area contributed by atoms with Crippen LogP contribution >= 0.6 is 0 Å². The minimum absolute atomic E-state index is 0.00361. The van der Waals surface area contributed by atoms with Crippen molar-refractivity contribution in [1.82, 2.24) is 9.80 Å². The first-order valence-corrected chi connectivity index (χ1v) is 19.4. The Bertz CT molecular complexity index is 1810. The van der Waals surface area contributed by atoms with Crippen molar-refractivity contribution in [3.63, 3.8) is 0 Å². The average molecular weight is 733 g/mol. The molecule has 1 atom stereocenters. The molecule has 8 nitrogen and oxygen atoms in total. The molecule has 4 aromatic carbocycles. The molecule has 286 valence electrons. The molecule has 2 saturated heterocycles. The van der Waals surface area contributed by atoms with E-state index in [1.807, 2.05) is 34.1 Å². The predicted molar refractivity (Wildman–Crippen MR) is 215 cm³/mol. The van der Waals surface area contributed by atoms with Gasteiger partial charge in [-0.2, -0.15) is 0 Å². The van der Waals surface area contributed by atoms with Crippen LogP contribution in [0.5, 0.6) is 11.5 Å². The van der Waals surface area contributed by atoms with Gasteiger partial charge >= 0.3 is 0 Å². The summed E-state index contributed by atoms with van der Waals surface area (Å²) in [7, 11) is 0. The van der Waals surface area contributed by atoms with E-state index >= 15 is 0 Å². The third-order valence-electron chi connectivity index (χ3n) is 10.4. The molecule has 8 heteroatoms. The lowest BCUT2D eigenvalue weighted by Gasteiger charge is -2.32. The number of aliphatic hydroxyl groups is 2. The van der Waals surface area contributed by atoms with Crippen LogP contribution in [0.25, 0.3) is 0 Å². The van der Waals surface area contributed by atoms with Gasteiger partial charge in [-0.05, 0) is 109 Å². The van der Waals surface area contributed by atoms with E-state index in [0.29, 0.717) is 41.1 Å². The molecule has 0 aromatic heterocycles. The smallest absolute Gasteiger partial charge is 0.253 e. The third-order valence-corrected chi connectivity index (χ3v) is 10.4. The first-order chi connectivity index (χ1) is 26.3. The molecule has 0 aliphatic carbocycles. The minimum atomic E-state index is -0.926. The maximum atomic E-state index is 12.9. The summed E-state index contributed by atoms with van der Waals surface area (Å²) in [5.41, 5.74) is 6.82. The van der Waals surface area contributed by atoms with Crippen LogP contribution in [0.2, 0.25) is 0 Å². The van der Waals surface area contributed by atoms with E-state index in [2.05, 4.69) is 69.0 Å². The molecular formula is C46H56N2O6. The van der Waals surface area contributed by atoms with Gasteiger partial charge in [0.05, 0.1) is 6.61 Å². The molecule has 4 aromatic rings. The summed E-state index contributed by atoms with van der Waals surface area (Å²) < 4.78 is 11.0. The summed E-state index contributed by atoms with van der Waals surface area (Å²) >= 11 is 0. The fourth-order valence-corrected chi connectivity index (χ4v) is 7.17. The van der Waals surface area contributed by atoms with E-state index in [9.17, 15) is 14.7 Å². The number of hydrogen-bond donors (Lipinski definition) is 2. The third kappa shape index (κ3) is 11.3. The summed E-state index contributed by atoms with van der Waals surface area (Å²) in [6.45, 7) is 11.2. The first-order valence-electron chi connectivity index (χ1n) is 19.4. The molecule has 2 aliphatic rings. The zero-order chi connectivity index (χ0) is 38.3. The second-order valence-electron chi connectivity index (χ2n) is 14.1. The summed E-state index contributed by atoms with van der Waals surface area (Å²) in [4.78, 5) is 29.6. The highest BCUT2D eigenvalue weighted by Crippen LogP contribution is 2.31. The Labute approximate surface area is 321 Å². The van der Waals surface area contributed by atoms with E-state index in [1.165, 1.54) is 22.3 Å². The molecule has 2 heterocycles. The van der Waals surface area contributed by atoms with Crippen molar-refractivity contribution in [3.05, 3.63) is 143 Å². The van der Waals surface area contributed by atoms with Gasteiger partial charge in [-0.1, -0.05) is 87.2 Å². The number of carbonyl (C=O) groups is 2. The zero-order valence-electron chi connectivity index (χ0n) is 31.9. The van der Waals surface area contributed by atoms with Crippen LogP contribution in [0.3, 0.4) is 0 Å². The van der Waals surface area contributed by atoms with Gasteiger partial charge in [0.15, 0.2) is 0 Å². The Kier molecular flexibility index (Phi) is 15.3. The highest BCUT2D eigenvalue weighted by atomic mass is 16.5. The fraction of sp³-hybridized carbons (Fsp3) is 0.391. The number of aliphatic hydroxyl groups excluding tert-OH is 2. The van der Waals surface area contributed by atoms with E-state index in [0.717, 1.165) is 64.7 Å². The Morgan fingerprint density at radius 2 is 1.15 bits per heavy atom. The van der Waals surface area contributed by atoms with E-state index in [1.54, 1.807) is 30.3 Å². The van der Waals surface area contributed by atoms with Crippen LogP contribution in [-0.2, 0) is 12.8 Å². The Balaban J connectivity index is 0.000000208. The number of nitrogens with zero attached hydrogens (tertiary/aromatic N) is 2. The van der Waals surface area contributed by atoms with E-state index in [4.69, 9.17) is 14.6 Å². The van der Waals surface area contributed by atoms with Gasteiger partial charge in [-0.3, -0.25) is 9.59 Å². The largest absolute Gasteiger partial charge is 0.491 e. The van der Waals surface area contributed by atoms with Crippen molar-refractivity contribution < 1.29 is 29.3 Å². The molecule has 2 fully saturated rings. The molecular weight excluding hydrogens is 677 g/mol. The number of ether oxygens (including phenoxy) is 2. The fourth-order valence-electron chi connectivity index (χ4n) is 7.17. The highest BCUT2D eigenvalue weighted by Gasteiger charge is 2.26. The molecule has 0 bridgehead atoms. The van der Waals surface area contributed by atoms with Gasteiger partial charge in [-0.25, -0.2) is 0 Å². The van der Waals surface area contributed by atoms with Gasteiger partial charge in [-0.15, -0.1) is 0 Å². The molecule has 6 rings (SSSR count). The SMILES string of the molecule is C=CCOc1cccc(C(=O)N2CCC(c3cccc(CC)c3)CC2)c1.CCc1cccc(C2CCN(C(=O)c3cccc(OCC(O)CO)c3)CC2)c1. The Morgan fingerprint density at radius 3 is 1.57 bits per heavy atom. The first kappa shape index (κ1) is 40.3. The van der Waals surface area contributed by atoms with Crippen molar-refractivity contribution in [3.8, 4) is 11.5 Å². The molecule has 2 N–H and O–H groups in total. The quantitative estimate of drug-likeness (QED) is 0.136. The Hall–Kier alpha value is -4.92. The molecule has 0 radical (unpaired) electrons. The summed E-state index contributed by atoms with van der Waals surface area (Å²) in [6, 6.07) is 32.1. The number of aryl methyl sites for hydroxylation is 2. The van der Waals surface area contributed by atoms with E-state index < -0.39 is 6.10 Å². The second-order valence-corrected chi connectivity index (χ2v) is 14.1. The highest BCUT2D eigenvalue weighted by molar-refractivity contribution is 5.95. The van der Waals surface area contributed by atoms with Crippen molar-refractivity contribution in [2.24, 2.45) is 0 Å². The lowest BCUT2D eigenvalue weighted by molar-refractivity contribution is 0.0535. The topological polar surface area (TPSA) is 99.5 Å². The van der Waals surface area contributed by atoms with Gasteiger partial charge in [0.1, 0.15) is 30.8 Å². The van der Waals surface area contributed by atoms with Crippen LogP contribution in [0.15, 0.2) is 110 Å². The molecule has 54 heavy (non-hydrogen) atoms. The van der Waals surface area contributed by atoms with Crippen molar-refractivity contribution >= 4 is 11.8 Å². The average Bonchev–Trinajstić information content (AvgIpc) is 3.24. The van der Waals surface area contributed by atoms with Gasteiger partial charge in [0.25, 0.3) is 11.8 Å². The molecule has 0 saturated carbocycles. The lowest BCUT2D eigenvalue weighted by Crippen LogP contribution is -2.37. The van der Waals surface area contributed by atoms with Gasteiger partial charge in [0, 0.05) is 37.3 Å². The predicted octanol–water partition coefficient (Wildman–Crippen LogP) is 7.83. The number of piperidine rings is 2. The maximum absolute atomic E-state index is 12.9. The van der Waals surface area contributed by atoms with Crippen LogP contribution in [-0.4, -0.2) is 83.9 Å². The number of rotatable bonds is 13. The number of likely N-dealkylation sites (tertiary alicyclic amines) is 2. The van der Waals surface area contributed by atoms with Crippen LogP contribution < -0.4 is 9.47 Å². The van der Waals surface area contributed by atoms with E-state index in [-0.39, 0.29) is 25.0 Å².